The van der Waals surface area contributed by atoms with Crippen LogP contribution in [0.1, 0.15) is 58.8 Å². The Hall–Kier alpha value is -0.870. The number of hydrogen-bond donors (Lipinski definition) is 0. The van der Waals surface area contributed by atoms with Crippen molar-refractivity contribution in [2.75, 3.05) is 13.1 Å². The maximum atomic E-state index is 13.4. The molecule has 3 atom stereocenters. The van der Waals surface area contributed by atoms with E-state index < -0.39 is 9.84 Å². The van der Waals surface area contributed by atoms with E-state index in [1.54, 1.807) is 12.1 Å². The fourth-order valence-corrected chi connectivity index (χ4v) is 6.55. The van der Waals surface area contributed by atoms with Crippen LogP contribution in [0.25, 0.3) is 0 Å². The summed E-state index contributed by atoms with van der Waals surface area (Å²) in [5.41, 5.74) is 0. The lowest BCUT2D eigenvalue weighted by molar-refractivity contribution is 0.0738. The van der Waals surface area contributed by atoms with E-state index >= 15 is 0 Å². The minimum absolute atomic E-state index is 0.361. The van der Waals surface area contributed by atoms with Crippen molar-refractivity contribution in [2.24, 2.45) is 17.8 Å². The molecule has 0 radical (unpaired) electrons. The van der Waals surface area contributed by atoms with E-state index in [0.29, 0.717) is 16.7 Å². The lowest BCUT2D eigenvalue weighted by Gasteiger charge is -2.44. The smallest absolute Gasteiger partial charge is 0.194 e. The van der Waals surface area contributed by atoms with Crippen LogP contribution in [-0.2, 0) is 9.84 Å². The summed E-state index contributed by atoms with van der Waals surface area (Å²) in [5, 5.41) is -0.361. The van der Waals surface area contributed by atoms with Crippen molar-refractivity contribution in [1.29, 1.82) is 0 Å². The molecule has 0 amide bonds. The monoisotopic (exact) mass is 363 g/mol. The highest BCUT2D eigenvalue weighted by atomic mass is 32.2. The van der Waals surface area contributed by atoms with Crippen LogP contribution in [0.5, 0.6) is 0 Å². The molecule has 25 heavy (non-hydrogen) atoms. The number of fused-ring (bicyclic) bond motifs is 1. The second-order valence-electron chi connectivity index (χ2n) is 8.37. The number of likely N-dealkylation sites (tertiary alicyclic amines) is 1. The summed E-state index contributed by atoms with van der Waals surface area (Å²) in [6, 6.07) is 9.06. The molecule has 0 N–H and O–H groups in total. The zero-order chi connectivity index (χ0) is 17.9. The third-order valence-corrected chi connectivity index (χ3v) is 8.33. The molecule has 1 aromatic carbocycles. The number of sulfone groups is 1. The van der Waals surface area contributed by atoms with Crippen molar-refractivity contribution in [3.8, 4) is 0 Å². The standard InChI is InChI=1S/C21H33NO2S/c1-17(2)12-13-21(25(23,24)20-10-4-3-5-11-20)22-15-14-18-8-6-7-9-19(18)16-22/h3-5,10-11,17-19,21H,6-9,12-16H2,1-2H3. The summed E-state index contributed by atoms with van der Waals surface area (Å²) in [6.07, 6.45) is 8.18. The number of benzene rings is 1. The van der Waals surface area contributed by atoms with Gasteiger partial charge in [-0.25, -0.2) is 8.42 Å². The molecule has 3 rings (SSSR count). The van der Waals surface area contributed by atoms with E-state index in [0.717, 1.165) is 31.8 Å². The highest BCUT2D eigenvalue weighted by Crippen LogP contribution is 2.38. The molecule has 0 bridgehead atoms. The highest BCUT2D eigenvalue weighted by Gasteiger charge is 2.38. The lowest BCUT2D eigenvalue weighted by atomic mass is 9.75. The molecule has 0 aromatic heterocycles. The molecule has 1 saturated heterocycles. The molecule has 1 aliphatic heterocycles. The molecule has 140 valence electrons. The fourth-order valence-electron chi connectivity index (χ4n) is 4.67. The summed E-state index contributed by atoms with van der Waals surface area (Å²) >= 11 is 0. The normalized spacial score (nSPS) is 26.4. The van der Waals surface area contributed by atoms with Gasteiger partial charge in [0, 0.05) is 6.54 Å². The van der Waals surface area contributed by atoms with E-state index in [1.807, 2.05) is 18.2 Å². The summed E-state index contributed by atoms with van der Waals surface area (Å²) in [4.78, 5) is 2.78. The van der Waals surface area contributed by atoms with Crippen LogP contribution in [0.3, 0.4) is 0 Å². The topological polar surface area (TPSA) is 37.4 Å². The summed E-state index contributed by atoms with van der Waals surface area (Å²) in [6.45, 7) is 6.27. The van der Waals surface area contributed by atoms with E-state index in [4.69, 9.17) is 0 Å². The maximum absolute atomic E-state index is 13.4. The largest absolute Gasteiger partial charge is 0.287 e. The van der Waals surface area contributed by atoms with Gasteiger partial charge >= 0.3 is 0 Å². The van der Waals surface area contributed by atoms with Crippen molar-refractivity contribution < 1.29 is 8.42 Å². The number of piperidine rings is 1. The first-order chi connectivity index (χ1) is 12.0. The molecule has 3 nitrogen and oxygen atoms in total. The van der Waals surface area contributed by atoms with Gasteiger partial charge in [-0.3, -0.25) is 4.90 Å². The summed E-state index contributed by atoms with van der Waals surface area (Å²) < 4.78 is 26.7. The molecule has 0 spiro atoms. The van der Waals surface area contributed by atoms with Crippen LogP contribution in [0.2, 0.25) is 0 Å². The third-order valence-electron chi connectivity index (χ3n) is 6.15. The van der Waals surface area contributed by atoms with Crippen LogP contribution >= 0.6 is 0 Å². The average Bonchev–Trinajstić information content (AvgIpc) is 2.62. The van der Waals surface area contributed by atoms with Gasteiger partial charge < -0.3 is 0 Å². The summed E-state index contributed by atoms with van der Waals surface area (Å²) in [7, 11) is -3.31. The van der Waals surface area contributed by atoms with Gasteiger partial charge in [0.1, 0.15) is 5.37 Å². The zero-order valence-corrected chi connectivity index (χ0v) is 16.5. The Balaban J connectivity index is 1.82. The summed E-state index contributed by atoms with van der Waals surface area (Å²) in [5.74, 6) is 2.06. The van der Waals surface area contributed by atoms with Gasteiger partial charge in [-0.2, -0.15) is 0 Å². The molecule has 1 heterocycles. The fraction of sp³-hybridized carbons (Fsp3) is 0.714. The minimum Gasteiger partial charge on any atom is -0.287 e. The van der Waals surface area contributed by atoms with Crippen LogP contribution in [0, 0.1) is 17.8 Å². The molecule has 1 saturated carbocycles. The van der Waals surface area contributed by atoms with Crippen LogP contribution in [0.4, 0.5) is 0 Å². The van der Waals surface area contributed by atoms with Gasteiger partial charge in [-0.15, -0.1) is 0 Å². The molecule has 1 aromatic rings. The Bertz CT molecular complexity index is 641. The highest BCUT2D eigenvalue weighted by molar-refractivity contribution is 7.92. The molecule has 3 unspecified atom stereocenters. The van der Waals surface area contributed by atoms with Gasteiger partial charge in [-0.05, 0) is 62.1 Å². The van der Waals surface area contributed by atoms with E-state index in [-0.39, 0.29) is 5.37 Å². The Kier molecular flexibility index (Phi) is 6.21. The van der Waals surface area contributed by atoms with Gasteiger partial charge in [0.05, 0.1) is 4.90 Å². The first-order valence-electron chi connectivity index (χ1n) is 10.0. The Morgan fingerprint density at radius 3 is 2.36 bits per heavy atom. The Morgan fingerprint density at radius 1 is 1.00 bits per heavy atom. The quantitative estimate of drug-likeness (QED) is 0.733. The second kappa shape index (κ2) is 8.22. The molecule has 4 heteroatoms. The number of nitrogens with zero attached hydrogens (tertiary/aromatic N) is 1. The molecule has 2 aliphatic rings. The van der Waals surface area contributed by atoms with Gasteiger partial charge in [0.15, 0.2) is 9.84 Å². The lowest BCUT2D eigenvalue weighted by Crippen LogP contribution is -2.49. The minimum atomic E-state index is -3.31. The van der Waals surface area contributed by atoms with Crippen molar-refractivity contribution in [2.45, 2.75) is 69.1 Å². The molecular weight excluding hydrogens is 330 g/mol. The van der Waals surface area contributed by atoms with Crippen LogP contribution in [-0.4, -0.2) is 31.8 Å². The predicted octanol–water partition coefficient (Wildman–Crippen LogP) is 4.73. The SMILES string of the molecule is CC(C)CCC(N1CCC2CCCCC2C1)S(=O)(=O)c1ccccc1. The third kappa shape index (κ3) is 4.46. The van der Waals surface area contributed by atoms with Gasteiger partial charge in [0.2, 0.25) is 0 Å². The number of rotatable bonds is 6. The van der Waals surface area contributed by atoms with Gasteiger partial charge in [0.25, 0.3) is 0 Å². The van der Waals surface area contributed by atoms with Gasteiger partial charge in [-0.1, -0.05) is 51.3 Å². The average molecular weight is 364 g/mol. The van der Waals surface area contributed by atoms with Crippen molar-refractivity contribution in [3.63, 3.8) is 0 Å². The Labute approximate surface area is 153 Å². The van der Waals surface area contributed by atoms with Crippen molar-refractivity contribution >= 4 is 9.84 Å². The first kappa shape index (κ1) is 18.9. The maximum Gasteiger partial charge on any atom is 0.194 e. The number of hydrogen-bond acceptors (Lipinski definition) is 3. The van der Waals surface area contributed by atoms with Crippen LogP contribution in [0.15, 0.2) is 35.2 Å². The zero-order valence-electron chi connectivity index (χ0n) is 15.7. The van der Waals surface area contributed by atoms with E-state index in [9.17, 15) is 8.42 Å². The van der Waals surface area contributed by atoms with E-state index in [2.05, 4.69) is 18.7 Å². The first-order valence-corrected chi connectivity index (χ1v) is 11.6. The van der Waals surface area contributed by atoms with Crippen molar-refractivity contribution in [3.05, 3.63) is 30.3 Å². The molecule has 2 fully saturated rings. The van der Waals surface area contributed by atoms with Crippen LogP contribution < -0.4 is 0 Å². The molecule has 1 aliphatic carbocycles. The Morgan fingerprint density at radius 2 is 1.68 bits per heavy atom. The second-order valence-corrected chi connectivity index (χ2v) is 10.5. The van der Waals surface area contributed by atoms with E-state index in [1.165, 1.54) is 32.1 Å². The molecular formula is C21H33NO2S. The van der Waals surface area contributed by atoms with Crippen molar-refractivity contribution in [1.82, 2.24) is 4.90 Å². The predicted molar refractivity (Wildman–Crippen MR) is 103 cm³/mol.